The molecule has 1 unspecified atom stereocenters. The summed E-state index contributed by atoms with van der Waals surface area (Å²) in [6, 6.07) is 14.1. The van der Waals surface area contributed by atoms with Crippen molar-refractivity contribution in [3.63, 3.8) is 0 Å². The molecule has 28 heavy (non-hydrogen) atoms. The number of fused-ring (bicyclic) bond motifs is 1. The van der Waals surface area contributed by atoms with Crippen LogP contribution in [0.4, 0.5) is 5.69 Å². The molecule has 144 valence electrons. The van der Waals surface area contributed by atoms with Crippen LogP contribution in [0.3, 0.4) is 0 Å². The van der Waals surface area contributed by atoms with Crippen molar-refractivity contribution in [2.75, 3.05) is 18.0 Å². The van der Waals surface area contributed by atoms with Crippen molar-refractivity contribution in [2.24, 2.45) is 5.92 Å². The Morgan fingerprint density at radius 2 is 2.04 bits per heavy atom. The number of anilines is 1. The lowest BCUT2D eigenvalue weighted by Crippen LogP contribution is -2.34. The number of carbonyl (C=O) groups is 2. The second kappa shape index (κ2) is 7.50. The summed E-state index contributed by atoms with van der Waals surface area (Å²) >= 11 is 0. The zero-order valence-electron chi connectivity index (χ0n) is 16.3. The van der Waals surface area contributed by atoms with Crippen molar-refractivity contribution in [1.82, 2.24) is 10.3 Å². The van der Waals surface area contributed by atoms with E-state index in [1.54, 1.807) is 4.90 Å². The van der Waals surface area contributed by atoms with Crippen molar-refractivity contribution in [3.05, 3.63) is 65.4 Å². The van der Waals surface area contributed by atoms with Crippen LogP contribution >= 0.6 is 0 Å². The molecule has 5 nitrogen and oxygen atoms in total. The van der Waals surface area contributed by atoms with Crippen molar-refractivity contribution < 1.29 is 9.59 Å². The Morgan fingerprint density at radius 1 is 1.21 bits per heavy atom. The fourth-order valence-corrected chi connectivity index (χ4v) is 3.95. The van der Waals surface area contributed by atoms with Gasteiger partial charge in [0.15, 0.2) is 0 Å². The number of para-hydroxylation sites is 1. The van der Waals surface area contributed by atoms with Gasteiger partial charge in [0.25, 0.3) is 0 Å². The highest BCUT2D eigenvalue weighted by atomic mass is 16.2. The van der Waals surface area contributed by atoms with Crippen molar-refractivity contribution in [1.29, 1.82) is 0 Å². The van der Waals surface area contributed by atoms with E-state index in [4.69, 9.17) is 0 Å². The third-order valence-corrected chi connectivity index (χ3v) is 5.52. The maximum Gasteiger partial charge on any atom is 0.227 e. The first-order valence-electron chi connectivity index (χ1n) is 9.73. The number of hydrogen-bond acceptors (Lipinski definition) is 2. The Morgan fingerprint density at radius 3 is 2.86 bits per heavy atom. The lowest BCUT2D eigenvalue weighted by molar-refractivity contribution is -0.126. The predicted molar refractivity (Wildman–Crippen MR) is 111 cm³/mol. The highest BCUT2D eigenvalue weighted by molar-refractivity contribution is 6.00. The van der Waals surface area contributed by atoms with Gasteiger partial charge in [-0.3, -0.25) is 9.59 Å². The number of nitrogens with zero attached hydrogens (tertiary/aromatic N) is 1. The van der Waals surface area contributed by atoms with Gasteiger partial charge in [-0.25, -0.2) is 0 Å². The molecule has 1 saturated heterocycles. The van der Waals surface area contributed by atoms with E-state index in [1.807, 2.05) is 37.4 Å². The molecule has 3 aromatic rings. The molecule has 5 heteroatoms. The minimum atomic E-state index is -0.294. The number of aromatic nitrogens is 1. The molecule has 2 aromatic carbocycles. The maximum absolute atomic E-state index is 12.6. The monoisotopic (exact) mass is 375 g/mol. The summed E-state index contributed by atoms with van der Waals surface area (Å²) in [7, 11) is 0. The van der Waals surface area contributed by atoms with Gasteiger partial charge >= 0.3 is 0 Å². The lowest BCUT2D eigenvalue weighted by Gasteiger charge is -2.19. The van der Waals surface area contributed by atoms with Gasteiger partial charge in [0, 0.05) is 42.3 Å². The van der Waals surface area contributed by atoms with Crippen LogP contribution in [0, 0.1) is 19.8 Å². The number of carbonyl (C=O) groups excluding carboxylic acids is 2. The average molecular weight is 375 g/mol. The third-order valence-electron chi connectivity index (χ3n) is 5.52. The van der Waals surface area contributed by atoms with Gasteiger partial charge in [0.05, 0.1) is 5.92 Å². The fourth-order valence-electron chi connectivity index (χ4n) is 3.95. The number of nitrogens with one attached hydrogen (secondary N) is 2. The first-order chi connectivity index (χ1) is 13.5. The number of aromatic amines is 1. The molecular formula is C23H25N3O2. The number of benzene rings is 2. The quantitative estimate of drug-likeness (QED) is 0.717. The Kier molecular flexibility index (Phi) is 4.90. The molecule has 1 aliphatic rings. The summed E-state index contributed by atoms with van der Waals surface area (Å²) in [5, 5.41) is 4.22. The summed E-state index contributed by atoms with van der Waals surface area (Å²) < 4.78 is 0. The molecule has 0 aliphatic carbocycles. The molecule has 2 amide bonds. The molecule has 1 aliphatic heterocycles. The smallest absolute Gasteiger partial charge is 0.227 e. The molecule has 0 radical (unpaired) electrons. The number of rotatable bonds is 5. The Bertz CT molecular complexity index is 1040. The van der Waals surface area contributed by atoms with E-state index in [0.29, 0.717) is 13.1 Å². The molecular weight excluding hydrogens is 350 g/mol. The summed E-state index contributed by atoms with van der Waals surface area (Å²) in [5.41, 5.74) is 5.48. The van der Waals surface area contributed by atoms with Gasteiger partial charge in [-0.15, -0.1) is 0 Å². The second-order valence-corrected chi connectivity index (χ2v) is 7.60. The van der Waals surface area contributed by atoms with Crippen molar-refractivity contribution in [3.8, 4) is 0 Å². The van der Waals surface area contributed by atoms with Gasteiger partial charge in [-0.05, 0) is 49.6 Å². The van der Waals surface area contributed by atoms with Gasteiger partial charge < -0.3 is 15.2 Å². The van der Waals surface area contributed by atoms with E-state index in [1.165, 1.54) is 16.5 Å². The van der Waals surface area contributed by atoms with E-state index in [9.17, 15) is 9.59 Å². The lowest BCUT2D eigenvalue weighted by atomic mass is 10.1. The zero-order valence-corrected chi connectivity index (χ0v) is 16.3. The van der Waals surface area contributed by atoms with Gasteiger partial charge in [0.2, 0.25) is 11.8 Å². The van der Waals surface area contributed by atoms with Crippen LogP contribution in [0.1, 0.15) is 23.1 Å². The molecule has 0 saturated carbocycles. The molecule has 1 aromatic heterocycles. The number of amides is 2. The molecule has 0 bridgehead atoms. The highest BCUT2D eigenvalue weighted by Crippen LogP contribution is 2.27. The molecule has 0 spiro atoms. The fraction of sp³-hybridized carbons (Fsp3) is 0.304. The van der Waals surface area contributed by atoms with Crippen molar-refractivity contribution in [2.45, 2.75) is 26.7 Å². The topological polar surface area (TPSA) is 65.2 Å². The normalized spacial score (nSPS) is 16.7. The van der Waals surface area contributed by atoms with Crippen LogP contribution in [0.2, 0.25) is 0 Å². The summed E-state index contributed by atoms with van der Waals surface area (Å²) in [6.45, 7) is 5.07. The Labute approximate surface area is 164 Å². The van der Waals surface area contributed by atoms with E-state index >= 15 is 0 Å². The summed E-state index contributed by atoms with van der Waals surface area (Å²) in [5.74, 6) is -0.320. The predicted octanol–water partition coefficient (Wildman–Crippen LogP) is 3.50. The summed E-state index contributed by atoms with van der Waals surface area (Å²) in [6.07, 6.45) is 3.04. The first-order valence-corrected chi connectivity index (χ1v) is 9.73. The minimum absolute atomic E-state index is 0.0153. The standard InChI is InChI=1S/C23H25N3O2/c1-15-7-8-20-19(11-15)17(13-25-20)9-10-24-23(28)18-12-22(27)26(14-18)21-6-4-3-5-16(21)2/h3-8,11,13,18,25H,9-10,12,14H2,1-2H3,(H,24,28). The Balaban J connectivity index is 1.36. The molecule has 2 heterocycles. The Hall–Kier alpha value is -3.08. The van der Waals surface area contributed by atoms with Crippen molar-refractivity contribution >= 4 is 28.4 Å². The highest BCUT2D eigenvalue weighted by Gasteiger charge is 2.35. The third kappa shape index (κ3) is 3.52. The van der Waals surface area contributed by atoms with E-state index < -0.39 is 0 Å². The van der Waals surface area contributed by atoms with Crippen LogP contribution in [0.25, 0.3) is 10.9 Å². The van der Waals surface area contributed by atoms with Gasteiger partial charge in [-0.1, -0.05) is 29.8 Å². The van der Waals surface area contributed by atoms with E-state index in [2.05, 4.69) is 35.4 Å². The largest absolute Gasteiger partial charge is 0.361 e. The van der Waals surface area contributed by atoms with E-state index in [-0.39, 0.29) is 24.2 Å². The number of aryl methyl sites for hydroxylation is 2. The first kappa shape index (κ1) is 18.3. The molecule has 1 atom stereocenters. The van der Waals surface area contributed by atoms with E-state index in [0.717, 1.165) is 23.2 Å². The van der Waals surface area contributed by atoms with Gasteiger partial charge in [-0.2, -0.15) is 0 Å². The van der Waals surface area contributed by atoms with Crippen LogP contribution < -0.4 is 10.2 Å². The van der Waals surface area contributed by atoms with Crippen LogP contribution in [0.15, 0.2) is 48.7 Å². The maximum atomic E-state index is 12.6. The average Bonchev–Trinajstić information content (AvgIpc) is 3.26. The molecule has 1 fully saturated rings. The number of H-pyrrole nitrogens is 1. The SMILES string of the molecule is Cc1ccc2[nH]cc(CCNC(=O)C3CC(=O)N(c4ccccc4C)C3)c2c1. The van der Waals surface area contributed by atoms with Crippen LogP contribution in [-0.4, -0.2) is 29.9 Å². The van der Waals surface area contributed by atoms with Crippen LogP contribution in [-0.2, 0) is 16.0 Å². The summed E-state index contributed by atoms with van der Waals surface area (Å²) in [4.78, 5) is 30.0. The molecule has 2 N–H and O–H groups in total. The van der Waals surface area contributed by atoms with Gasteiger partial charge in [0.1, 0.15) is 0 Å². The zero-order chi connectivity index (χ0) is 19.7. The number of hydrogen-bond donors (Lipinski definition) is 2. The minimum Gasteiger partial charge on any atom is -0.361 e. The molecule has 4 rings (SSSR count). The van der Waals surface area contributed by atoms with Crippen LogP contribution in [0.5, 0.6) is 0 Å². The second-order valence-electron chi connectivity index (χ2n) is 7.60.